The Morgan fingerprint density at radius 1 is 0.460 bits per heavy atom. The zero-order valence-corrected chi connectivity index (χ0v) is 26.5. The van der Waals surface area contributed by atoms with Gasteiger partial charge >= 0.3 is 0 Å². The summed E-state index contributed by atoms with van der Waals surface area (Å²) in [6.45, 7) is 0. The molecule has 0 saturated carbocycles. The number of nitrogens with zero attached hydrogens (tertiary/aromatic N) is 5. The van der Waals surface area contributed by atoms with Crippen molar-refractivity contribution in [1.82, 2.24) is 9.13 Å². The van der Waals surface area contributed by atoms with Crippen LogP contribution in [0.15, 0.2) is 139 Å². The minimum Gasteiger partial charge on any atom is -0.309 e. The maximum atomic E-state index is 10.3. The molecular formula is C45H23N5. The lowest BCUT2D eigenvalue weighted by atomic mass is 9.91. The van der Waals surface area contributed by atoms with Crippen LogP contribution in [0.3, 0.4) is 0 Å². The molecule has 0 radical (unpaired) electrons. The number of hydrogen-bond acceptors (Lipinski definition) is 3. The highest BCUT2D eigenvalue weighted by atomic mass is 15.0. The minimum absolute atomic E-state index is 0.530. The maximum absolute atomic E-state index is 10.3. The molecular weight excluding hydrogens is 611 g/mol. The van der Waals surface area contributed by atoms with Crippen LogP contribution in [0.25, 0.3) is 78.5 Å². The van der Waals surface area contributed by atoms with Crippen molar-refractivity contribution in [2.75, 3.05) is 0 Å². The SMILES string of the molecule is N#Cc1cc(-c2ccccc2-c2cc(C#N)ccc2-n2c3c(c4cc(C#N)ccc42)C=C=C=C3)cc(-n2c3ccccc3c3ccccc32)c1. The van der Waals surface area contributed by atoms with E-state index < -0.39 is 0 Å². The first kappa shape index (κ1) is 28.6. The molecule has 0 spiro atoms. The van der Waals surface area contributed by atoms with E-state index in [0.29, 0.717) is 16.7 Å². The van der Waals surface area contributed by atoms with Crippen LogP contribution in [0.5, 0.6) is 0 Å². The van der Waals surface area contributed by atoms with E-state index in [9.17, 15) is 15.8 Å². The van der Waals surface area contributed by atoms with Crippen molar-refractivity contribution in [3.63, 3.8) is 0 Å². The molecule has 5 nitrogen and oxygen atoms in total. The van der Waals surface area contributed by atoms with Gasteiger partial charge in [0.2, 0.25) is 0 Å². The molecule has 1 aliphatic rings. The lowest BCUT2D eigenvalue weighted by molar-refractivity contribution is 1.11. The Hall–Kier alpha value is -7.57. The molecule has 0 atom stereocenters. The first-order valence-electron chi connectivity index (χ1n) is 16.1. The van der Waals surface area contributed by atoms with Crippen molar-refractivity contribution in [1.29, 1.82) is 15.8 Å². The second-order valence-corrected chi connectivity index (χ2v) is 12.2. The fourth-order valence-corrected chi connectivity index (χ4v) is 7.33. The van der Waals surface area contributed by atoms with Crippen molar-refractivity contribution < 1.29 is 0 Å². The molecule has 6 aromatic carbocycles. The smallest absolute Gasteiger partial charge is 0.0992 e. The maximum Gasteiger partial charge on any atom is 0.0992 e. The van der Waals surface area contributed by atoms with Crippen LogP contribution in [-0.4, -0.2) is 9.13 Å². The van der Waals surface area contributed by atoms with Gasteiger partial charge in [-0.05, 0) is 89.5 Å². The van der Waals surface area contributed by atoms with Gasteiger partial charge in [-0.3, -0.25) is 0 Å². The van der Waals surface area contributed by atoms with Gasteiger partial charge in [-0.1, -0.05) is 72.1 Å². The highest BCUT2D eigenvalue weighted by Crippen LogP contribution is 2.41. The quantitative estimate of drug-likeness (QED) is 0.181. The molecule has 228 valence electrons. The van der Waals surface area contributed by atoms with Crippen molar-refractivity contribution in [2.45, 2.75) is 0 Å². The molecule has 2 heterocycles. The molecule has 0 amide bonds. The molecule has 2 aromatic heterocycles. The third kappa shape index (κ3) is 4.33. The summed E-state index contributed by atoms with van der Waals surface area (Å²) < 4.78 is 4.39. The van der Waals surface area contributed by atoms with Gasteiger partial charge in [-0.2, -0.15) is 15.8 Å². The number of rotatable bonds is 4. The number of fused-ring (bicyclic) bond motifs is 6. The molecule has 0 aliphatic heterocycles. The van der Waals surface area contributed by atoms with Gasteiger partial charge in [-0.15, -0.1) is 0 Å². The second-order valence-electron chi connectivity index (χ2n) is 12.2. The van der Waals surface area contributed by atoms with Gasteiger partial charge in [0.15, 0.2) is 0 Å². The third-order valence-corrected chi connectivity index (χ3v) is 9.46. The molecule has 0 fully saturated rings. The molecule has 0 unspecified atom stereocenters. The van der Waals surface area contributed by atoms with E-state index in [4.69, 9.17) is 0 Å². The average molecular weight is 634 g/mol. The van der Waals surface area contributed by atoms with Crippen molar-refractivity contribution in [3.05, 3.63) is 167 Å². The van der Waals surface area contributed by atoms with Crippen molar-refractivity contribution in [3.8, 4) is 51.8 Å². The van der Waals surface area contributed by atoms with Crippen LogP contribution in [-0.2, 0) is 0 Å². The summed E-state index contributed by atoms with van der Waals surface area (Å²) in [5.41, 5.74) is 18.1. The van der Waals surface area contributed by atoms with E-state index >= 15 is 0 Å². The average Bonchev–Trinajstić information content (AvgIpc) is 3.70. The Kier molecular flexibility index (Phi) is 6.47. The summed E-state index contributed by atoms with van der Waals surface area (Å²) in [6.07, 6.45) is 3.81. The van der Waals surface area contributed by atoms with Crippen LogP contribution in [0.4, 0.5) is 0 Å². The first-order chi connectivity index (χ1) is 24.7. The topological polar surface area (TPSA) is 81.2 Å². The van der Waals surface area contributed by atoms with E-state index in [-0.39, 0.29) is 0 Å². The predicted octanol–water partition coefficient (Wildman–Crippen LogP) is 10.5. The molecule has 9 rings (SSSR count). The molecule has 0 bridgehead atoms. The second kappa shape index (κ2) is 11.3. The van der Waals surface area contributed by atoms with Crippen LogP contribution in [0.1, 0.15) is 27.9 Å². The lowest BCUT2D eigenvalue weighted by Crippen LogP contribution is -2.02. The first-order valence-corrected chi connectivity index (χ1v) is 16.1. The number of para-hydroxylation sites is 2. The summed E-state index contributed by atoms with van der Waals surface area (Å²) >= 11 is 0. The third-order valence-electron chi connectivity index (χ3n) is 9.46. The van der Waals surface area contributed by atoms with E-state index in [1.807, 2.05) is 84.9 Å². The lowest BCUT2D eigenvalue weighted by Gasteiger charge is -2.19. The predicted molar refractivity (Wildman–Crippen MR) is 199 cm³/mol. The van der Waals surface area contributed by atoms with Gasteiger partial charge in [-0.25, -0.2) is 0 Å². The van der Waals surface area contributed by atoms with Crippen molar-refractivity contribution >= 4 is 44.9 Å². The Balaban J connectivity index is 1.31. The summed E-state index contributed by atoms with van der Waals surface area (Å²) in [4.78, 5) is 0. The molecule has 0 N–H and O–H groups in total. The number of nitriles is 3. The normalized spacial score (nSPS) is 11.5. The van der Waals surface area contributed by atoms with Crippen LogP contribution in [0, 0.1) is 34.0 Å². The number of aromatic nitrogens is 2. The van der Waals surface area contributed by atoms with Gasteiger partial charge in [0, 0.05) is 39.0 Å². The van der Waals surface area contributed by atoms with Gasteiger partial charge in [0.25, 0.3) is 0 Å². The fraction of sp³-hybridized carbons (Fsp3) is 0. The number of benzene rings is 6. The van der Waals surface area contributed by atoms with E-state index in [0.717, 1.165) is 77.6 Å². The zero-order chi connectivity index (χ0) is 33.8. The molecule has 1 aliphatic carbocycles. The van der Waals surface area contributed by atoms with Crippen LogP contribution in [0.2, 0.25) is 0 Å². The molecule has 8 aromatic rings. The largest absolute Gasteiger partial charge is 0.309 e. The van der Waals surface area contributed by atoms with E-state index in [1.54, 1.807) is 0 Å². The Morgan fingerprint density at radius 2 is 1.08 bits per heavy atom. The van der Waals surface area contributed by atoms with E-state index in [2.05, 4.69) is 93.4 Å². The standard InChI is InChI=1S/C45H23N5/c46-26-29-17-19-44(50-43-16-8-5-13-38(43)40-24-30(27-47)18-20-45(40)50)39(23-29)35-10-2-1-9-34(35)32-21-31(28-48)22-33(25-32)49-41-14-6-3-11-36(41)37-12-4-7-15-42(37)49/h1-4,6-7,9-25H. The summed E-state index contributed by atoms with van der Waals surface area (Å²) in [5, 5.41) is 33.3. The van der Waals surface area contributed by atoms with Crippen LogP contribution < -0.4 is 0 Å². The van der Waals surface area contributed by atoms with E-state index in [1.165, 1.54) is 0 Å². The Labute approximate surface area is 287 Å². The minimum atomic E-state index is 0.530. The van der Waals surface area contributed by atoms with Crippen molar-refractivity contribution in [2.24, 2.45) is 0 Å². The van der Waals surface area contributed by atoms with Gasteiger partial charge in [0.05, 0.1) is 62.8 Å². The summed E-state index contributed by atoms with van der Waals surface area (Å²) in [6, 6.07) is 49.3. The van der Waals surface area contributed by atoms with Gasteiger partial charge < -0.3 is 9.13 Å². The monoisotopic (exact) mass is 633 g/mol. The highest BCUT2D eigenvalue weighted by Gasteiger charge is 2.22. The highest BCUT2D eigenvalue weighted by molar-refractivity contribution is 6.09. The number of hydrogen-bond donors (Lipinski definition) is 0. The zero-order valence-electron chi connectivity index (χ0n) is 26.5. The molecule has 50 heavy (non-hydrogen) atoms. The molecule has 0 saturated heterocycles. The van der Waals surface area contributed by atoms with Crippen LogP contribution >= 0.6 is 0 Å². The van der Waals surface area contributed by atoms with Gasteiger partial charge in [0.1, 0.15) is 0 Å². The summed E-state index contributed by atoms with van der Waals surface area (Å²) in [5.74, 6) is 0. The Morgan fingerprint density at radius 3 is 1.82 bits per heavy atom. The fourth-order valence-electron chi connectivity index (χ4n) is 7.33. The summed E-state index contributed by atoms with van der Waals surface area (Å²) in [7, 11) is 0. The molecule has 5 heteroatoms. The Bertz CT molecular complexity index is 2940.